The zero-order valence-electron chi connectivity index (χ0n) is 15.3. The zero-order chi connectivity index (χ0) is 17.5. The van der Waals surface area contributed by atoms with Crippen LogP contribution in [0.3, 0.4) is 0 Å². The monoisotopic (exact) mass is 487 g/mol. The topological polar surface area (TPSA) is 69.5 Å². The maximum absolute atomic E-state index is 4.79. The fourth-order valence-corrected chi connectivity index (χ4v) is 3.45. The minimum absolute atomic E-state index is 0. The van der Waals surface area contributed by atoms with Gasteiger partial charge in [0.2, 0.25) is 5.95 Å². The number of piperazine rings is 1. The van der Waals surface area contributed by atoms with Crippen LogP contribution >= 0.6 is 35.3 Å². The van der Waals surface area contributed by atoms with Gasteiger partial charge in [-0.05, 0) is 19.9 Å². The number of hydrogen-bond donors (Lipinski definition) is 1. The van der Waals surface area contributed by atoms with E-state index in [9.17, 15) is 0 Å². The van der Waals surface area contributed by atoms with Crippen LogP contribution in [0.5, 0.6) is 0 Å². The summed E-state index contributed by atoms with van der Waals surface area (Å²) in [6, 6.07) is 1.85. The standard InChI is InChI=1S/C17H25N7S.HI/c1-3-18-16(21-8-5-15-13-25-14(2)22-15)23-9-11-24(12-10-23)17-19-6-4-7-20-17;/h4,6-7,13H,3,5,8-12H2,1-2H3,(H,18,21);1H. The number of thiazole rings is 1. The second-order valence-corrected chi connectivity index (χ2v) is 6.93. The molecule has 0 bridgehead atoms. The second kappa shape index (κ2) is 10.6. The first-order valence-corrected chi connectivity index (χ1v) is 9.60. The molecule has 3 heterocycles. The van der Waals surface area contributed by atoms with Gasteiger partial charge in [-0.3, -0.25) is 4.99 Å². The number of anilines is 1. The van der Waals surface area contributed by atoms with E-state index >= 15 is 0 Å². The molecule has 1 aliphatic rings. The van der Waals surface area contributed by atoms with Crippen molar-refractivity contribution in [2.24, 2.45) is 4.99 Å². The zero-order valence-corrected chi connectivity index (χ0v) is 18.4. The van der Waals surface area contributed by atoms with E-state index in [0.717, 1.165) is 68.3 Å². The Balaban J connectivity index is 0.00000243. The van der Waals surface area contributed by atoms with Gasteiger partial charge >= 0.3 is 0 Å². The van der Waals surface area contributed by atoms with Crippen molar-refractivity contribution in [1.29, 1.82) is 0 Å². The van der Waals surface area contributed by atoms with Gasteiger partial charge in [0, 0.05) is 63.5 Å². The van der Waals surface area contributed by atoms with E-state index in [0.29, 0.717) is 0 Å². The maximum Gasteiger partial charge on any atom is 0.225 e. The minimum atomic E-state index is 0. The van der Waals surface area contributed by atoms with E-state index in [-0.39, 0.29) is 24.0 Å². The second-order valence-electron chi connectivity index (χ2n) is 5.87. The number of rotatable bonds is 5. The van der Waals surface area contributed by atoms with E-state index < -0.39 is 0 Å². The summed E-state index contributed by atoms with van der Waals surface area (Å²) >= 11 is 1.70. The number of aryl methyl sites for hydroxylation is 1. The van der Waals surface area contributed by atoms with Gasteiger partial charge in [-0.2, -0.15) is 0 Å². The van der Waals surface area contributed by atoms with Crippen LogP contribution in [-0.2, 0) is 6.42 Å². The molecular weight excluding hydrogens is 461 g/mol. The predicted molar refractivity (Wildman–Crippen MR) is 118 cm³/mol. The fourth-order valence-electron chi connectivity index (χ4n) is 2.80. The summed E-state index contributed by atoms with van der Waals surface area (Å²) in [6.45, 7) is 9.41. The Hall–Kier alpha value is -1.49. The third-order valence-electron chi connectivity index (χ3n) is 4.05. The quantitative estimate of drug-likeness (QED) is 0.396. The van der Waals surface area contributed by atoms with E-state index in [1.165, 1.54) is 0 Å². The summed E-state index contributed by atoms with van der Waals surface area (Å²) in [4.78, 5) is 22.5. The highest BCUT2D eigenvalue weighted by atomic mass is 127. The van der Waals surface area contributed by atoms with Crippen LogP contribution in [0.1, 0.15) is 17.6 Å². The lowest BCUT2D eigenvalue weighted by atomic mass is 10.3. The molecule has 1 N–H and O–H groups in total. The van der Waals surface area contributed by atoms with Gasteiger partial charge in [0.15, 0.2) is 5.96 Å². The first-order chi connectivity index (χ1) is 12.3. The lowest BCUT2D eigenvalue weighted by molar-refractivity contribution is 0.370. The molecule has 1 saturated heterocycles. The third-order valence-corrected chi connectivity index (χ3v) is 4.87. The Labute approximate surface area is 176 Å². The lowest BCUT2D eigenvalue weighted by Crippen LogP contribution is -2.53. The van der Waals surface area contributed by atoms with Crippen molar-refractivity contribution < 1.29 is 0 Å². The predicted octanol–water partition coefficient (Wildman–Crippen LogP) is 2.19. The largest absolute Gasteiger partial charge is 0.357 e. The van der Waals surface area contributed by atoms with Crippen LogP contribution < -0.4 is 10.2 Å². The first-order valence-electron chi connectivity index (χ1n) is 8.72. The normalized spacial score (nSPS) is 14.9. The van der Waals surface area contributed by atoms with Crippen LogP contribution in [0.2, 0.25) is 0 Å². The van der Waals surface area contributed by atoms with E-state index in [4.69, 9.17) is 4.99 Å². The SMILES string of the molecule is CCNC(=NCCc1csc(C)n1)N1CCN(c2ncccn2)CC1.I. The molecule has 0 aromatic carbocycles. The third kappa shape index (κ3) is 5.76. The molecule has 0 radical (unpaired) electrons. The summed E-state index contributed by atoms with van der Waals surface area (Å²) in [5.41, 5.74) is 1.13. The van der Waals surface area contributed by atoms with E-state index in [2.05, 4.69) is 42.4 Å². The average molecular weight is 487 g/mol. The summed E-state index contributed by atoms with van der Waals surface area (Å²) in [6.07, 6.45) is 4.47. The van der Waals surface area contributed by atoms with E-state index in [1.54, 1.807) is 23.7 Å². The van der Waals surface area contributed by atoms with Gasteiger partial charge in [0.1, 0.15) is 0 Å². The number of halogens is 1. The van der Waals surface area contributed by atoms with Crippen molar-refractivity contribution in [3.8, 4) is 0 Å². The number of guanidine groups is 1. The molecule has 0 saturated carbocycles. The Morgan fingerprint density at radius 3 is 2.58 bits per heavy atom. The fraction of sp³-hybridized carbons (Fsp3) is 0.529. The van der Waals surface area contributed by atoms with Crippen LogP contribution in [0, 0.1) is 6.92 Å². The van der Waals surface area contributed by atoms with E-state index in [1.807, 2.05) is 13.0 Å². The Morgan fingerprint density at radius 2 is 1.96 bits per heavy atom. The molecule has 0 aliphatic carbocycles. The highest BCUT2D eigenvalue weighted by molar-refractivity contribution is 14.0. The van der Waals surface area contributed by atoms with Crippen molar-refractivity contribution in [2.75, 3.05) is 44.2 Å². The minimum Gasteiger partial charge on any atom is -0.357 e. The molecule has 26 heavy (non-hydrogen) atoms. The van der Waals surface area contributed by atoms with Crippen molar-refractivity contribution in [1.82, 2.24) is 25.2 Å². The number of hydrogen-bond acceptors (Lipinski definition) is 6. The summed E-state index contributed by atoms with van der Waals surface area (Å²) in [5.74, 6) is 1.80. The highest BCUT2D eigenvalue weighted by Crippen LogP contribution is 2.11. The number of nitrogens with one attached hydrogen (secondary N) is 1. The van der Waals surface area contributed by atoms with Crippen molar-refractivity contribution in [3.05, 3.63) is 34.5 Å². The molecule has 2 aromatic heterocycles. The molecule has 0 atom stereocenters. The summed E-state index contributed by atoms with van der Waals surface area (Å²) < 4.78 is 0. The van der Waals surface area contributed by atoms with Crippen molar-refractivity contribution in [2.45, 2.75) is 20.3 Å². The summed E-state index contributed by atoms with van der Waals surface area (Å²) in [5, 5.41) is 6.64. The van der Waals surface area contributed by atoms with Gasteiger partial charge in [0.25, 0.3) is 0 Å². The lowest BCUT2D eigenvalue weighted by Gasteiger charge is -2.36. The molecule has 3 rings (SSSR count). The molecule has 1 aliphatic heterocycles. The number of nitrogens with zero attached hydrogens (tertiary/aromatic N) is 6. The summed E-state index contributed by atoms with van der Waals surface area (Å²) in [7, 11) is 0. The Morgan fingerprint density at radius 1 is 1.23 bits per heavy atom. The molecule has 2 aromatic rings. The van der Waals surface area contributed by atoms with Crippen LogP contribution in [-0.4, -0.2) is 65.1 Å². The smallest absolute Gasteiger partial charge is 0.225 e. The number of aliphatic imine (C=N–C) groups is 1. The van der Waals surface area contributed by atoms with Gasteiger partial charge in [-0.15, -0.1) is 35.3 Å². The van der Waals surface area contributed by atoms with Gasteiger partial charge in [-0.25, -0.2) is 15.0 Å². The maximum atomic E-state index is 4.79. The molecule has 0 unspecified atom stereocenters. The molecule has 0 amide bonds. The first kappa shape index (κ1) is 20.8. The highest BCUT2D eigenvalue weighted by Gasteiger charge is 2.20. The van der Waals surface area contributed by atoms with Crippen LogP contribution in [0.4, 0.5) is 5.95 Å². The van der Waals surface area contributed by atoms with Gasteiger partial charge in [0.05, 0.1) is 10.7 Å². The Kier molecular flexibility index (Phi) is 8.49. The Bertz CT molecular complexity index is 683. The molecule has 142 valence electrons. The van der Waals surface area contributed by atoms with Gasteiger partial charge in [-0.1, -0.05) is 0 Å². The molecule has 1 fully saturated rings. The van der Waals surface area contributed by atoms with Crippen LogP contribution in [0.25, 0.3) is 0 Å². The molecule has 9 heteroatoms. The van der Waals surface area contributed by atoms with Crippen LogP contribution in [0.15, 0.2) is 28.8 Å². The van der Waals surface area contributed by atoms with Crippen molar-refractivity contribution in [3.63, 3.8) is 0 Å². The number of aromatic nitrogens is 3. The average Bonchev–Trinajstić information content (AvgIpc) is 3.07. The van der Waals surface area contributed by atoms with Crippen molar-refractivity contribution >= 4 is 47.2 Å². The molecular formula is C17H26IN7S. The van der Waals surface area contributed by atoms with Gasteiger partial charge < -0.3 is 15.1 Å². The molecule has 0 spiro atoms. The molecule has 7 nitrogen and oxygen atoms in total.